The molecule has 3 aliphatic rings. The van der Waals surface area contributed by atoms with E-state index in [1.807, 2.05) is 6.07 Å². The molecule has 1 unspecified atom stereocenters. The first-order valence-corrected chi connectivity index (χ1v) is 13.6. The van der Waals surface area contributed by atoms with Gasteiger partial charge in [-0.25, -0.2) is 9.97 Å². The van der Waals surface area contributed by atoms with Crippen LogP contribution in [0.2, 0.25) is 0 Å². The van der Waals surface area contributed by atoms with E-state index in [1.54, 1.807) is 12.4 Å². The summed E-state index contributed by atoms with van der Waals surface area (Å²) in [6.45, 7) is 6.18. The number of nitrogens with one attached hydrogen (secondary N) is 2. The number of morpholine rings is 1. The molecule has 2 atom stereocenters. The third kappa shape index (κ3) is 4.69. The van der Waals surface area contributed by atoms with E-state index in [0.717, 1.165) is 80.1 Å². The molecule has 6 rings (SSSR count). The predicted octanol–water partition coefficient (Wildman–Crippen LogP) is 1.58. The second kappa shape index (κ2) is 9.98. The average molecular weight is 509 g/mol. The highest BCUT2D eigenvalue weighted by molar-refractivity contribution is 7.80. The fourth-order valence-electron chi connectivity index (χ4n) is 5.11. The molecule has 3 fully saturated rings. The molecule has 0 bridgehead atoms. The topological polar surface area (TPSA) is 119 Å². The van der Waals surface area contributed by atoms with Crippen molar-refractivity contribution in [1.29, 1.82) is 0 Å². The van der Waals surface area contributed by atoms with Crippen LogP contribution in [0.3, 0.4) is 0 Å². The lowest BCUT2D eigenvalue weighted by Gasteiger charge is -2.41. The Kier molecular flexibility index (Phi) is 6.57. The summed E-state index contributed by atoms with van der Waals surface area (Å²) < 4.78 is 29.1. The minimum absolute atomic E-state index is 0.0825. The lowest BCUT2D eigenvalue weighted by Crippen LogP contribution is -2.52. The van der Waals surface area contributed by atoms with E-state index in [1.165, 1.54) is 0 Å². The highest BCUT2D eigenvalue weighted by atomic mass is 32.2. The van der Waals surface area contributed by atoms with E-state index < -0.39 is 16.0 Å². The molecular weight excluding hydrogens is 478 g/mol. The maximum Gasteiger partial charge on any atom is 0.154 e. The second-order valence-corrected chi connectivity index (χ2v) is 10.8. The number of benzene rings is 1. The summed E-state index contributed by atoms with van der Waals surface area (Å²) >= 11 is -2.03. The van der Waals surface area contributed by atoms with Gasteiger partial charge in [-0.1, -0.05) is 12.1 Å². The van der Waals surface area contributed by atoms with E-state index in [-0.39, 0.29) is 6.10 Å². The molecule has 1 aromatic carbocycles. The Hall–Kier alpha value is -2.70. The summed E-state index contributed by atoms with van der Waals surface area (Å²) in [5.41, 5.74) is 4.50. The third-order valence-corrected chi connectivity index (χ3v) is 8.62. The number of piperazine rings is 1. The monoisotopic (exact) mass is 508 g/mol. The average Bonchev–Trinajstić information content (AvgIpc) is 3.75. The van der Waals surface area contributed by atoms with E-state index in [0.29, 0.717) is 19.0 Å². The second-order valence-electron chi connectivity index (χ2n) is 9.56. The van der Waals surface area contributed by atoms with Crippen molar-refractivity contribution in [1.82, 2.24) is 25.2 Å². The van der Waals surface area contributed by atoms with Crippen molar-refractivity contribution in [2.45, 2.75) is 23.8 Å². The van der Waals surface area contributed by atoms with Crippen LogP contribution >= 0.6 is 0 Å². The number of aromatic nitrogens is 3. The quantitative estimate of drug-likeness (QED) is 0.455. The Morgan fingerprint density at radius 3 is 2.61 bits per heavy atom. The Labute approximate surface area is 212 Å². The van der Waals surface area contributed by atoms with Gasteiger partial charge in [-0.15, -0.1) is 0 Å². The molecule has 1 saturated carbocycles. The van der Waals surface area contributed by atoms with Crippen LogP contribution in [0.4, 0.5) is 11.5 Å². The highest BCUT2D eigenvalue weighted by Gasteiger charge is 2.50. The zero-order valence-electron chi connectivity index (χ0n) is 20.1. The molecule has 1 aliphatic carbocycles. The largest absolute Gasteiger partial charge is 0.771 e. The number of rotatable bonds is 7. The molecule has 2 aliphatic heterocycles. The lowest BCUT2D eigenvalue weighted by atomic mass is 10.1. The summed E-state index contributed by atoms with van der Waals surface area (Å²) in [6.07, 6.45) is 4.96. The number of anilines is 2. The number of hydrogen-bond donors (Lipinski definition) is 2. The highest BCUT2D eigenvalue weighted by Crippen LogP contribution is 2.44. The number of fused-ring (bicyclic) bond motifs is 1. The molecule has 3 aromatic rings. The molecule has 190 valence electrons. The molecule has 36 heavy (non-hydrogen) atoms. The third-order valence-electron chi connectivity index (χ3n) is 7.33. The van der Waals surface area contributed by atoms with Crippen LogP contribution in [0.5, 0.6) is 0 Å². The van der Waals surface area contributed by atoms with Crippen molar-refractivity contribution in [3.8, 4) is 11.3 Å². The van der Waals surface area contributed by atoms with Gasteiger partial charge < -0.3 is 24.8 Å². The fraction of sp³-hybridized carbons (Fsp3) is 0.480. The number of nitrogens with zero attached hydrogens (tertiary/aromatic N) is 5. The Morgan fingerprint density at radius 1 is 1.14 bits per heavy atom. The van der Waals surface area contributed by atoms with Gasteiger partial charge in [-0.05, 0) is 42.1 Å². The molecule has 10 nitrogen and oxygen atoms in total. The molecule has 2 saturated heterocycles. The van der Waals surface area contributed by atoms with Gasteiger partial charge in [-0.3, -0.25) is 14.1 Å². The van der Waals surface area contributed by atoms with E-state index >= 15 is 0 Å². The minimum Gasteiger partial charge on any atom is -0.771 e. The van der Waals surface area contributed by atoms with E-state index in [4.69, 9.17) is 9.72 Å². The zero-order valence-corrected chi connectivity index (χ0v) is 20.9. The van der Waals surface area contributed by atoms with Crippen LogP contribution in [0.25, 0.3) is 22.3 Å². The van der Waals surface area contributed by atoms with Crippen molar-refractivity contribution in [3.05, 3.63) is 42.7 Å². The van der Waals surface area contributed by atoms with E-state index in [2.05, 4.69) is 54.7 Å². The van der Waals surface area contributed by atoms with Crippen molar-refractivity contribution in [2.75, 3.05) is 62.6 Å². The number of ether oxygens (including phenoxy) is 1. The lowest BCUT2D eigenvalue weighted by molar-refractivity contribution is 0.0372. The van der Waals surface area contributed by atoms with Gasteiger partial charge in [0.05, 0.1) is 28.8 Å². The van der Waals surface area contributed by atoms with Crippen LogP contribution in [0.15, 0.2) is 42.7 Å². The molecule has 2 aromatic heterocycles. The molecular formula is C25H30N7O3S-. The standard InChI is InChI=1S/C25H31N7O3S/c33-36(34)25(5-6-25)32-12-10-31(11-13-32)19-3-1-18(2-4-19)21-15-22-23(28-8-7-27-22)24(30-21)29-17-20-16-26-9-14-35-20/h1-4,7-8,15,20,26H,5-6,9-14,16-17H2,(H,29,30)(H,33,34)/p-1/t20-/m0/s1. The smallest absolute Gasteiger partial charge is 0.154 e. The number of hydrogen-bond acceptors (Lipinski definition) is 10. The van der Waals surface area contributed by atoms with Gasteiger partial charge in [0.2, 0.25) is 0 Å². The van der Waals surface area contributed by atoms with Gasteiger partial charge in [0.1, 0.15) is 5.52 Å². The first kappa shape index (κ1) is 23.7. The van der Waals surface area contributed by atoms with Crippen molar-refractivity contribution < 1.29 is 13.5 Å². The minimum atomic E-state index is -2.03. The fourth-order valence-corrected chi connectivity index (χ4v) is 5.94. The molecule has 2 N–H and O–H groups in total. The molecule has 0 radical (unpaired) electrons. The van der Waals surface area contributed by atoms with E-state index in [9.17, 15) is 8.76 Å². The summed E-state index contributed by atoms with van der Waals surface area (Å²) in [6, 6.07) is 10.4. The first-order valence-electron chi connectivity index (χ1n) is 12.5. The molecule has 11 heteroatoms. The van der Waals surface area contributed by atoms with Crippen LogP contribution in [-0.4, -0.2) is 92.0 Å². The summed E-state index contributed by atoms with van der Waals surface area (Å²) in [7, 11) is 0. The number of pyridine rings is 1. The van der Waals surface area contributed by atoms with Gasteiger partial charge in [-0.2, -0.15) is 0 Å². The summed E-state index contributed by atoms with van der Waals surface area (Å²) in [5.74, 6) is 0.703. The van der Waals surface area contributed by atoms with Crippen LogP contribution in [0, 0.1) is 0 Å². The van der Waals surface area contributed by atoms with Gasteiger partial charge in [0.25, 0.3) is 0 Å². The van der Waals surface area contributed by atoms with Crippen molar-refractivity contribution in [2.24, 2.45) is 0 Å². The summed E-state index contributed by atoms with van der Waals surface area (Å²) in [5, 5.41) is 6.77. The van der Waals surface area contributed by atoms with Crippen molar-refractivity contribution >= 4 is 33.6 Å². The zero-order chi connectivity index (χ0) is 24.5. The van der Waals surface area contributed by atoms with Gasteiger partial charge >= 0.3 is 0 Å². The molecule has 0 spiro atoms. The van der Waals surface area contributed by atoms with Crippen molar-refractivity contribution in [3.63, 3.8) is 0 Å². The van der Waals surface area contributed by atoms with Gasteiger partial charge in [0.15, 0.2) is 5.82 Å². The Bertz CT molecular complexity index is 1240. The first-order chi connectivity index (χ1) is 17.6. The maximum atomic E-state index is 11.7. The van der Waals surface area contributed by atoms with Gasteiger partial charge in [0, 0.05) is 69.5 Å². The maximum absolute atomic E-state index is 11.7. The predicted molar refractivity (Wildman–Crippen MR) is 139 cm³/mol. The summed E-state index contributed by atoms with van der Waals surface area (Å²) in [4.78, 5) is 17.7. The van der Waals surface area contributed by atoms with Crippen LogP contribution < -0.4 is 15.5 Å². The Balaban J connectivity index is 1.17. The molecule has 0 amide bonds. The Morgan fingerprint density at radius 2 is 1.92 bits per heavy atom. The van der Waals surface area contributed by atoms with Crippen LogP contribution in [0.1, 0.15) is 12.8 Å². The molecule has 4 heterocycles. The van der Waals surface area contributed by atoms with Crippen LogP contribution in [-0.2, 0) is 15.8 Å². The SMILES string of the molecule is O=S([O-])C1(N2CCN(c3ccc(-c4cc5nccnc5c(NC[C@@H]5CNCCO5)n4)cc3)CC2)CC1. The normalized spacial score (nSPS) is 22.9.